The largest absolute Gasteiger partial charge is 0.369 e. The predicted molar refractivity (Wildman–Crippen MR) is 122 cm³/mol. The summed E-state index contributed by atoms with van der Waals surface area (Å²) >= 11 is 0. The van der Waals surface area contributed by atoms with E-state index in [1.807, 2.05) is 61.8 Å². The fourth-order valence-electron chi connectivity index (χ4n) is 4.06. The monoisotopic (exact) mass is 413 g/mol. The number of benzene rings is 1. The average molecular weight is 414 g/mol. The number of hydrogen-bond acceptors (Lipinski definition) is 5. The summed E-state index contributed by atoms with van der Waals surface area (Å²) in [6, 6.07) is 10.3. The molecule has 0 spiro atoms. The highest BCUT2D eigenvalue weighted by Gasteiger charge is 2.31. The van der Waals surface area contributed by atoms with Gasteiger partial charge in [0.15, 0.2) is 5.82 Å². The van der Waals surface area contributed by atoms with Crippen LogP contribution in [0.3, 0.4) is 0 Å². The zero-order valence-corrected chi connectivity index (χ0v) is 18.2. The van der Waals surface area contributed by atoms with E-state index in [-0.39, 0.29) is 0 Å². The van der Waals surface area contributed by atoms with Crippen LogP contribution in [0.1, 0.15) is 26.2 Å². The molecule has 3 heterocycles. The molecule has 4 aromatic rings. The summed E-state index contributed by atoms with van der Waals surface area (Å²) in [7, 11) is 3.85. The summed E-state index contributed by atoms with van der Waals surface area (Å²) in [5.74, 6) is 1.54. The van der Waals surface area contributed by atoms with Crippen LogP contribution in [0.2, 0.25) is 0 Å². The summed E-state index contributed by atoms with van der Waals surface area (Å²) in [6.07, 6.45) is 11.5. The number of aryl methyl sites for hydroxylation is 2. The van der Waals surface area contributed by atoms with Crippen LogP contribution in [0.25, 0.3) is 33.8 Å². The Balaban J connectivity index is 1.51. The van der Waals surface area contributed by atoms with Crippen molar-refractivity contribution in [3.05, 3.63) is 55.1 Å². The zero-order chi connectivity index (χ0) is 21.4. The van der Waals surface area contributed by atoms with Gasteiger partial charge >= 0.3 is 0 Å². The number of anilines is 1. The molecule has 3 aromatic heterocycles. The van der Waals surface area contributed by atoms with Gasteiger partial charge in [-0.05, 0) is 36.0 Å². The van der Waals surface area contributed by atoms with Gasteiger partial charge in [0, 0.05) is 50.4 Å². The molecule has 1 N–H and O–H groups in total. The molecule has 1 saturated carbocycles. The first-order valence-electron chi connectivity index (χ1n) is 10.7. The van der Waals surface area contributed by atoms with Crippen molar-refractivity contribution in [3.8, 4) is 33.8 Å². The Labute approximate surface area is 182 Å². The lowest BCUT2D eigenvalue weighted by molar-refractivity contribution is 0.180. The number of rotatable bonds is 6. The molecule has 0 amide bonds. The van der Waals surface area contributed by atoms with Gasteiger partial charge in [0.25, 0.3) is 0 Å². The second-order valence-corrected chi connectivity index (χ2v) is 8.83. The summed E-state index contributed by atoms with van der Waals surface area (Å²) in [4.78, 5) is 9.63. The molecule has 1 aliphatic rings. The first-order valence-corrected chi connectivity index (χ1v) is 10.7. The third kappa shape index (κ3) is 3.95. The van der Waals surface area contributed by atoms with Crippen molar-refractivity contribution < 1.29 is 0 Å². The molecule has 0 unspecified atom stereocenters. The molecule has 0 saturated heterocycles. The van der Waals surface area contributed by atoms with Gasteiger partial charge < -0.3 is 5.32 Å². The fraction of sp³-hybridized carbons (Fsp3) is 0.333. The Kier molecular flexibility index (Phi) is 4.81. The van der Waals surface area contributed by atoms with Crippen molar-refractivity contribution in [3.63, 3.8) is 0 Å². The van der Waals surface area contributed by atoms with Gasteiger partial charge in [-0.15, -0.1) is 0 Å². The molecule has 5 rings (SSSR count). The molecule has 1 aliphatic carbocycles. The smallest absolute Gasteiger partial charge is 0.161 e. The van der Waals surface area contributed by atoms with Gasteiger partial charge in [0.1, 0.15) is 5.82 Å². The Morgan fingerprint density at radius 3 is 2.55 bits per heavy atom. The van der Waals surface area contributed by atoms with Gasteiger partial charge in [-0.3, -0.25) is 9.36 Å². The maximum Gasteiger partial charge on any atom is 0.161 e. The van der Waals surface area contributed by atoms with Gasteiger partial charge in [-0.2, -0.15) is 10.2 Å². The highest BCUT2D eigenvalue weighted by Crippen LogP contribution is 2.40. The van der Waals surface area contributed by atoms with Crippen molar-refractivity contribution in [1.29, 1.82) is 0 Å². The van der Waals surface area contributed by atoms with E-state index in [1.165, 1.54) is 19.3 Å². The van der Waals surface area contributed by atoms with E-state index in [4.69, 9.17) is 9.97 Å². The third-order valence-corrected chi connectivity index (χ3v) is 6.18. The standard InChI is InChI=1S/C24H27N7/c1-24(9-5-10-24)16-26-23-20(21-8-11-30(2)29-21)14-25-22(28-23)18-7-4-6-17(12-18)19-13-27-31(3)15-19/h4,6-8,11-15H,5,9-10,16H2,1-3H3,(H,25,26,28). The topological polar surface area (TPSA) is 73.5 Å². The number of aromatic nitrogens is 6. The second-order valence-electron chi connectivity index (χ2n) is 8.83. The van der Waals surface area contributed by atoms with Crippen LogP contribution in [0.15, 0.2) is 55.1 Å². The van der Waals surface area contributed by atoms with Crippen LogP contribution in [-0.4, -0.2) is 36.1 Å². The maximum absolute atomic E-state index is 4.94. The van der Waals surface area contributed by atoms with Crippen LogP contribution in [0.5, 0.6) is 0 Å². The van der Waals surface area contributed by atoms with Gasteiger partial charge in [0.2, 0.25) is 0 Å². The minimum absolute atomic E-state index is 0.340. The second kappa shape index (κ2) is 7.65. The van der Waals surface area contributed by atoms with Crippen molar-refractivity contribution in [2.24, 2.45) is 19.5 Å². The van der Waals surface area contributed by atoms with Crippen LogP contribution in [0.4, 0.5) is 5.82 Å². The lowest BCUT2D eigenvalue weighted by Crippen LogP contribution is -2.33. The van der Waals surface area contributed by atoms with E-state index in [2.05, 4.69) is 34.6 Å². The molecule has 1 fully saturated rings. The third-order valence-electron chi connectivity index (χ3n) is 6.18. The van der Waals surface area contributed by atoms with Crippen molar-refractivity contribution in [1.82, 2.24) is 29.5 Å². The van der Waals surface area contributed by atoms with Crippen LogP contribution >= 0.6 is 0 Å². The normalized spacial score (nSPS) is 14.9. The molecular formula is C24H27N7. The highest BCUT2D eigenvalue weighted by molar-refractivity contribution is 5.75. The van der Waals surface area contributed by atoms with Crippen LogP contribution < -0.4 is 5.32 Å². The molecular weight excluding hydrogens is 386 g/mol. The molecule has 0 radical (unpaired) electrons. The first-order chi connectivity index (χ1) is 15.0. The van der Waals surface area contributed by atoms with E-state index in [1.54, 1.807) is 4.68 Å². The molecule has 7 heteroatoms. The van der Waals surface area contributed by atoms with E-state index < -0.39 is 0 Å². The zero-order valence-electron chi connectivity index (χ0n) is 18.2. The Bertz CT molecular complexity index is 1220. The van der Waals surface area contributed by atoms with Gasteiger partial charge in [-0.25, -0.2) is 9.97 Å². The summed E-state index contributed by atoms with van der Waals surface area (Å²) in [6.45, 7) is 3.24. The van der Waals surface area contributed by atoms with Crippen molar-refractivity contribution in [2.45, 2.75) is 26.2 Å². The van der Waals surface area contributed by atoms with Crippen LogP contribution in [-0.2, 0) is 14.1 Å². The number of nitrogens with zero attached hydrogens (tertiary/aromatic N) is 6. The van der Waals surface area contributed by atoms with E-state index in [9.17, 15) is 0 Å². The molecule has 31 heavy (non-hydrogen) atoms. The molecule has 0 aliphatic heterocycles. The van der Waals surface area contributed by atoms with Crippen molar-refractivity contribution >= 4 is 5.82 Å². The summed E-state index contributed by atoms with van der Waals surface area (Å²) < 4.78 is 3.61. The highest BCUT2D eigenvalue weighted by atomic mass is 15.3. The molecule has 0 atom stereocenters. The fourth-order valence-corrected chi connectivity index (χ4v) is 4.06. The van der Waals surface area contributed by atoms with E-state index in [0.717, 1.165) is 40.3 Å². The first kappa shape index (κ1) is 19.5. The number of hydrogen-bond donors (Lipinski definition) is 1. The van der Waals surface area contributed by atoms with Crippen LogP contribution in [0, 0.1) is 5.41 Å². The quantitative estimate of drug-likeness (QED) is 0.502. The SMILES string of the molecule is Cn1cc(-c2cccc(-c3ncc(-c4ccn(C)n4)c(NCC4(C)CCC4)n3)c2)cn1. The summed E-state index contributed by atoms with van der Waals surface area (Å²) in [5.41, 5.74) is 5.29. The van der Waals surface area contributed by atoms with Crippen molar-refractivity contribution in [2.75, 3.05) is 11.9 Å². The molecule has 158 valence electrons. The Morgan fingerprint density at radius 2 is 1.87 bits per heavy atom. The van der Waals surface area contributed by atoms with Gasteiger partial charge in [-0.1, -0.05) is 31.5 Å². The Hall–Kier alpha value is -3.48. The summed E-state index contributed by atoms with van der Waals surface area (Å²) in [5, 5.41) is 12.5. The number of nitrogens with one attached hydrogen (secondary N) is 1. The minimum atomic E-state index is 0.340. The minimum Gasteiger partial charge on any atom is -0.369 e. The lowest BCUT2D eigenvalue weighted by Gasteiger charge is -2.38. The van der Waals surface area contributed by atoms with E-state index >= 15 is 0 Å². The Morgan fingerprint density at radius 1 is 1.03 bits per heavy atom. The molecule has 1 aromatic carbocycles. The van der Waals surface area contributed by atoms with Gasteiger partial charge in [0.05, 0.1) is 17.5 Å². The molecule has 0 bridgehead atoms. The molecule has 7 nitrogen and oxygen atoms in total. The predicted octanol–water partition coefficient (Wildman–Crippen LogP) is 4.55. The van der Waals surface area contributed by atoms with E-state index in [0.29, 0.717) is 11.2 Å². The maximum atomic E-state index is 4.94. The average Bonchev–Trinajstić information content (AvgIpc) is 3.39. The lowest BCUT2D eigenvalue weighted by atomic mass is 9.70.